The lowest BCUT2D eigenvalue weighted by Crippen LogP contribution is -2.48. The van der Waals surface area contributed by atoms with Gasteiger partial charge in [0.1, 0.15) is 0 Å². The third-order valence-corrected chi connectivity index (χ3v) is 2.65. The van der Waals surface area contributed by atoms with Crippen molar-refractivity contribution in [2.75, 3.05) is 44.2 Å². The zero-order chi connectivity index (χ0) is 10.5. The van der Waals surface area contributed by atoms with Gasteiger partial charge in [-0.25, -0.2) is 9.97 Å². The molecular formula is C10H19Cl2N5. The van der Waals surface area contributed by atoms with Crippen LogP contribution in [0, 0.1) is 0 Å². The number of piperazine rings is 1. The van der Waals surface area contributed by atoms with Crippen LogP contribution < -0.4 is 10.6 Å². The maximum Gasteiger partial charge on any atom is 0.225 e. The molecule has 0 spiro atoms. The van der Waals surface area contributed by atoms with Gasteiger partial charge in [-0.3, -0.25) is 4.90 Å². The molecule has 0 amide bonds. The Morgan fingerprint density at radius 3 is 2.18 bits per heavy atom. The van der Waals surface area contributed by atoms with Crippen molar-refractivity contribution in [3.63, 3.8) is 0 Å². The van der Waals surface area contributed by atoms with E-state index in [2.05, 4.69) is 19.8 Å². The molecule has 1 aromatic heterocycles. The molecule has 1 aromatic rings. The third-order valence-electron chi connectivity index (χ3n) is 2.65. The minimum absolute atomic E-state index is 0. The highest BCUT2D eigenvalue weighted by molar-refractivity contribution is 5.85. The van der Waals surface area contributed by atoms with Crippen molar-refractivity contribution in [2.24, 2.45) is 5.73 Å². The Hall–Kier alpha value is -0.620. The van der Waals surface area contributed by atoms with Gasteiger partial charge < -0.3 is 10.6 Å². The van der Waals surface area contributed by atoms with Crippen LogP contribution >= 0.6 is 24.8 Å². The lowest BCUT2D eigenvalue weighted by atomic mass is 10.3. The first-order chi connectivity index (χ1) is 7.40. The summed E-state index contributed by atoms with van der Waals surface area (Å²) in [5.74, 6) is 0.838. The Balaban J connectivity index is 0.00000128. The first-order valence-corrected chi connectivity index (χ1v) is 5.34. The summed E-state index contributed by atoms with van der Waals surface area (Å²) in [5, 5.41) is 0. The number of halogens is 2. The largest absolute Gasteiger partial charge is 0.338 e. The van der Waals surface area contributed by atoms with Crippen LogP contribution in [-0.4, -0.2) is 54.1 Å². The first-order valence-electron chi connectivity index (χ1n) is 5.34. The summed E-state index contributed by atoms with van der Waals surface area (Å²) in [7, 11) is 0. The van der Waals surface area contributed by atoms with Gasteiger partial charge in [0.15, 0.2) is 0 Å². The van der Waals surface area contributed by atoms with E-state index in [4.69, 9.17) is 5.73 Å². The summed E-state index contributed by atoms with van der Waals surface area (Å²) in [4.78, 5) is 13.1. The van der Waals surface area contributed by atoms with Crippen molar-refractivity contribution in [1.82, 2.24) is 14.9 Å². The Kier molecular flexibility index (Phi) is 8.16. The highest BCUT2D eigenvalue weighted by atomic mass is 35.5. The number of nitrogens with zero attached hydrogens (tertiary/aromatic N) is 4. The van der Waals surface area contributed by atoms with Crippen molar-refractivity contribution >= 4 is 30.8 Å². The van der Waals surface area contributed by atoms with Crippen LogP contribution in [0.4, 0.5) is 5.95 Å². The molecule has 0 radical (unpaired) electrons. The predicted molar refractivity (Wildman–Crippen MR) is 74.2 cm³/mol. The fourth-order valence-corrected chi connectivity index (χ4v) is 1.81. The van der Waals surface area contributed by atoms with E-state index in [9.17, 15) is 0 Å². The summed E-state index contributed by atoms with van der Waals surface area (Å²) >= 11 is 0. The van der Waals surface area contributed by atoms with Crippen LogP contribution in [0.15, 0.2) is 18.5 Å². The number of rotatable bonds is 3. The predicted octanol–water partition coefficient (Wildman–Crippen LogP) is 0.401. The minimum atomic E-state index is 0. The quantitative estimate of drug-likeness (QED) is 0.868. The second-order valence-corrected chi connectivity index (χ2v) is 3.67. The molecular weight excluding hydrogens is 261 g/mol. The number of aromatic nitrogens is 2. The van der Waals surface area contributed by atoms with E-state index in [-0.39, 0.29) is 24.8 Å². The Morgan fingerprint density at radius 2 is 1.65 bits per heavy atom. The van der Waals surface area contributed by atoms with Gasteiger partial charge in [0, 0.05) is 51.7 Å². The van der Waals surface area contributed by atoms with Crippen molar-refractivity contribution in [3.05, 3.63) is 18.5 Å². The molecule has 1 aliphatic heterocycles. The van der Waals surface area contributed by atoms with Crippen molar-refractivity contribution < 1.29 is 0 Å². The van der Waals surface area contributed by atoms with Crippen LogP contribution in [-0.2, 0) is 0 Å². The normalized spacial score (nSPS) is 15.9. The van der Waals surface area contributed by atoms with E-state index in [1.54, 1.807) is 12.4 Å². The first kappa shape index (κ1) is 16.4. The molecule has 2 heterocycles. The highest BCUT2D eigenvalue weighted by Gasteiger charge is 2.17. The topological polar surface area (TPSA) is 58.3 Å². The van der Waals surface area contributed by atoms with Gasteiger partial charge in [-0.15, -0.1) is 24.8 Å². The molecule has 0 atom stereocenters. The van der Waals surface area contributed by atoms with Crippen LogP contribution in [0.2, 0.25) is 0 Å². The van der Waals surface area contributed by atoms with Gasteiger partial charge in [-0.2, -0.15) is 0 Å². The van der Waals surface area contributed by atoms with E-state index in [1.807, 2.05) is 6.07 Å². The summed E-state index contributed by atoms with van der Waals surface area (Å²) in [6.45, 7) is 5.81. The van der Waals surface area contributed by atoms with Gasteiger partial charge in [0.2, 0.25) is 5.95 Å². The van der Waals surface area contributed by atoms with Crippen LogP contribution in [0.25, 0.3) is 0 Å². The molecule has 0 bridgehead atoms. The molecule has 1 aliphatic rings. The molecule has 0 aliphatic carbocycles. The highest BCUT2D eigenvalue weighted by Crippen LogP contribution is 2.08. The minimum Gasteiger partial charge on any atom is -0.338 e. The molecule has 17 heavy (non-hydrogen) atoms. The van der Waals surface area contributed by atoms with Gasteiger partial charge in [-0.1, -0.05) is 0 Å². The van der Waals surface area contributed by atoms with E-state index in [1.165, 1.54) is 0 Å². The summed E-state index contributed by atoms with van der Waals surface area (Å²) in [6.07, 6.45) is 3.57. The molecule has 2 N–H and O–H groups in total. The van der Waals surface area contributed by atoms with Crippen molar-refractivity contribution in [1.29, 1.82) is 0 Å². The molecule has 5 nitrogen and oxygen atoms in total. The lowest BCUT2D eigenvalue weighted by Gasteiger charge is -2.34. The van der Waals surface area contributed by atoms with Crippen LogP contribution in [0.3, 0.4) is 0 Å². The molecule has 2 rings (SSSR count). The van der Waals surface area contributed by atoms with E-state index < -0.39 is 0 Å². The van der Waals surface area contributed by atoms with Gasteiger partial charge in [0.05, 0.1) is 0 Å². The monoisotopic (exact) mass is 279 g/mol. The SMILES string of the molecule is Cl.Cl.NCCN1CCN(c2ncccn2)CC1. The Labute approximate surface area is 114 Å². The summed E-state index contributed by atoms with van der Waals surface area (Å²) in [5.41, 5.74) is 5.53. The van der Waals surface area contributed by atoms with E-state index in [0.29, 0.717) is 0 Å². The molecule has 0 aromatic carbocycles. The molecule has 0 saturated carbocycles. The lowest BCUT2D eigenvalue weighted by molar-refractivity contribution is 0.263. The maximum atomic E-state index is 5.53. The third kappa shape index (κ3) is 4.63. The maximum absolute atomic E-state index is 5.53. The number of hydrogen-bond donors (Lipinski definition) is 1. The van der Waals surface area contributed by atoms with E-state index in [0.717, 1.165) is 45.2 Å². The molecule has 1 fully saturated rings. The Bertz CT molecular complexity index is 290. The van der Waals surface area contributed by atoms with Gasteiger partial charge in [0.25, 0.3) is 0 Å². The average Bonchev–Trinajstić information content (AvgIpc) is 2.32. The fourth-order valence-electron chi connectivity index (χ4n) is 1.81. The zero-order valence-corrected chi connectivity index (χ0v) is 11.3. The smallest absolute Gasteiger partial charge is 0.225 e. The standard InChI is InChI=1S/C10H17N5.2ClH/c11-2-5-14-6-8-15(9-7-14)10-12-3-1-4-13-10;;/h1,3-4H,2,5-9,11H2;2*1H. The fraction of sp³-hybridized carbons (Fsp3) is 0.600. The van der Waals surface area contributed by atoms with Gasteiger partial charge >= 0.3 is 0 Å². The van der Waals surface area contributed by atoms with Crippen LogP contribution in [0.1, 0.15) is 0 Å². The van der Waals surface area contributed by atoms with Crippen molar-refractivity contribution in [2.45, 2.75) is 0 Å². The average molecular weight is 280 g/mol. The van der Waals surface area contributed by atoms with E-state index >= 15 is 0 Å². The molecule has 98 valence electrons. The van der Waals surface area contributed by atoms with Crippen molar-refractivity contribution in [3.8, 4) is 0 Å². The Morgan fingerprint density at radius 1 is 1.06 bits per heavy atom. The number of nitrogens with two attached hydrogens (primary N) is 1. The second-order valence-electron chi connectivity index (χ2n) is 3.67. The zero-order valence-electron chi connectivity index (χ0n) is 9.66. The summed E-state index contributed by atoms with van der Waals surface area (Å²) in [6, 6.07) is 1.84. The second kappa shape index (κ2) is 8.47. The van der Waals surface area contributed by atoms with Gasteiger partial charge in [-0.05, 0) is 6.07 Å². The molecule has 7 heteroatoms. The van der Waals surface area contributed by atoms with Crippen LogP contribution in [0.5, 0.6) is 0 Å². The summed E-state index contributed by atoms with van der Waals surface area (Å²) < 4.78 is 0. The molecule has 0 unspecified atom stereocenters. The number of anilines is 1. The molecule has 1 saturated heterocycles. The number of hydrogen-bond acceptors (Lipinski definition) is 5.